The first-order chi connectivity index (χ1) is 8.77. The summed E-state index contributed by atoms with van der Waals surface area (Å²) in [5, 5.41) is 3.03. The number of benzene rings is 1. The fraction of sp³-hybridized carbons (Fsp3) is 0.417. The first-order valence-electron chi connectivity index (χ1n) is 5.87. The summed E-state index contributed by atoms with van der Waals surface area (Å²) < 4.78 is 26.4. The summed E-state index contributed by atoms with van der Waals surface area (Å²) in [6.07, 6.45) is 0. The number of nitrogens with one attached hydrogen (secondary N) is 2. The van der Waals surface area contributed by atoms with E-state index in [2.05, 4.69) is 10.0 Å². The summed E-state index contributed by atoms with van der Waals surface area (Å²) in [6, 6.07) is 5.61. The second-order valence-corrected chi connectivity index (χ2v) is 6.04. The van der Waals surface area contributed by atoms with E-state index < -0.39 is 22.0 Å². The standard InChI is InChI=1S/C12H19N3O3S/c1-8(14-3)10-5-4-6-11(7-10)19(17,18)15-9(2)12(13)16/h4-9,14-15H,1-3H3,(H2,13,16). The molecule has 2 atom stereocenters. The average molecular weight is 285 g/mol. The Morgan fingerprint density at radius 3 is 2.47 bits per heavy atom. The summed E-state index contributed by atoms with van der Waals surface area (Å²) in [6.45, 7) is 3.32. The number of sulfonamides is 1. The number of amides is 1. The number of primary amides is 1. The molecule has 0 bridgehead atoms. The molecular formula is C12H19N3O3S. The Bertz CT molecular complexity index is 557. The van der Waals surface area contributed by atoms with Gasteiger partial charge in [0.25, 0.3) is 0 Å². The number of carbonyl (C=O) groups is 1. The smallest absolute Gasteiger partial charge is 0.241 e. The number of hydrogen-bond acceptors (Lipinski definition) is 4. The third-order valence-corrected chi connectivity index (χ3v) is 4.40. The van der Waals surface area contributed by atoms with Crippen LogP contribution in [0.1, 0.15) is 25.5 Å². The lowest BCUT2D eigenvalue weighted by Gasteiger charge is -2.14. The molecule has 4 N–H and O–H groups in total. The second-order valence-electron chi connectivity index (χ2n) is 4.33. The molecule has 0 spiro atoms. The van der Waals surface area contributed by atoms with Gasteiger partial charge in [-0.15, -0.1) is 0 Å². The van der Waals surface area contributed by atoms with Crippen molar-refractivity contribution < 1.29 is 13.2 Å². The molecule has 0 aliphatic rings. The van der Waals surface area contributed by atoms with Crippen molar-refractivity contribution in [2.75, 3.05) is 7.05 Å². The van der Waals surface area contributed by atoms with Gasteiger partial charge in [0.15, 0.2) is 0 Å². The normalized spacial score (nSPS) is 14.9. The maximum absolute atomic E-state index is 12.1. The lowest BCUT2D eigenvalue weighted by Crippen LogP contribution is -2.42. The molecule has 0 saturated carbocycles. The molecule has 1 rings (SSSR count). The Hall–Kier alpha value is -1.44. The van der Waals surface area contributed by atoms with Gasteiger partial charge in [-0.3, -0.25) is 4.79 Å². The Labute approximate surface area is 113 Å². The number of nitrogens with two attached hydrogens (primary N) is 1. The van der Waals surface area contributed by atoms with Crippen molar-refractivity contribution >= 4 is 15.9 Å². The van der Waals surface area contributed by atoms with Crippen LogP contribution in [0, 0.1) is 0 Å². The Kier molecular flexibility index (Phi) is 5.04. The third-order valence-electron chi connectivity index (χ3n) is 2.86. The zero-order valence-electron chi connectivity index (χ0n) is 11.2. The average Bonchev–Trinajstić information content (AvgIpc) is 2.37. The highest BCUT2D eigenvalue weighted by Gasteiger charge is 2.20. The zero-order valence-corrected chi connectivity index (χ0v) is 12.0. The quantitative estimate of drug-likeness (QED) is 0.691. The molecule has 0 fully saturated rings. The lowest BCUT2D eigenvalue weighted by atomic mass is 10.1. The topological polar surface area (TPSA) is 101 Å². The predicted octanol–water partition coefficient (Wildman–Crippen LogP) is 0.119. The van der Waals surface area contributed by atoms with Crippen molar-refractivity contribution in [2.45, 2.75) is 30.8 Å². The van der Waals surface area contributed by atoms with Gasteiger partial charge in [0.1, 0.15) is 0 Å². The van der Waals surface area contributed by atoms with E-state index in [0.717, 1.165) is 5.56 Å². The van der Waals surface area contributed by atoms with E-state index in [9.17, 15) is 13.2 Å². The van der Waals surface area contributed by atoms with Gasteiger partial charge >= 0.3 is 0 Å². The first kappa shape index (κ1) is 15.6. The van der Waals surface area contributed by atoms with Crippen molar-refractivity contribution in [1.29, 1.82) is 0 Å². The number of carbonyl (C=O) groups excluding carboxylic acids is 1. The van der Waals surface area contributed by atoms with Gasteiger partial charge in [0, 0.05) is 6.04 Å². The maximum atomic E-state index is 12.1. The summed E-state index contributed by atoms with van der Waals surface area (Å²) >= 11 is 0. The van der Waals surface area contributed by atoms with Gasteiger partial charge in [-0.05, 0) is 38.6 Å². The molecule has 19 heavy (non-hydrogen) atoms. The van der Waals surface area contributed by atoms with Crippen molar-refractivity contribution in [3.8, 4) is 0 Å². The summed E-state index contributed by atoms with van der Waals surface area (Å²) in [5.41, 5.74) is 5.89. The van der Waals surface area contributed by atoms with Gasteiger partial charge in [-0.2, -0.15) is 4.72 Å². The van der Waals surface area contributed by atoms with Crippen LogP contribution >= 0.6 is 0 Å². The van der Waals surface area contributed by atoms with Gasteiger partial charge in [-0.1, -0.05) is 12.1 Å². The highest BCUT2D eigenvalue weighted by Crippen LogP contribution is 2.17. The number of hydrogen-bond donors (Lipinski definition) is 3. The minimum atomic E-state index is -3.75. The molecule has 0 aromatic heterocycles. The molecule has 0 heterocycles. The highest BCUT2D eigenvalue weighted by atomic mass is 32.2. The molecule has 0 aliphatic carbocycles. The van der Waals surface area contributed by atoms with E-state index in [1.165, 1.54) is 13.0 Å². The van der Waals surface area contributed by atoms with Crippen molar-refractivity contribution in [2.24, 2.45) is 5.73 Å². The van der Waals surface area contributed by atoms with Crippen LogP contribution in [-0.2, 0) is 14.8 Å². The Morgan fingerprint density at radius 1 is 1.32 bits per heavy atom. The fourth-order valence-electron chi connectivity index (χ4n) is 1.48. The fourth-order valence-corrected chi connectivity index (χ4v) is 2.74. The van der Waals surface area contributed by atoms with E-state index in [-0.39, 0.29) is 10.9 Å². The molecule has 2 unspecified atom stereocenters. The van der Waals surface area contributed by atoms with Gasteiger partial charge in [-0.25, -0.2) is 8.42 Å². The molecule has 6 nitrogen and oxygen atoms in total. The SMILES string of the molecule is CNC(C)c1cccc(S(=O)(=O)NC(C)C(N)=O)c1. The van der Waals surface area contributed by atoms with Gasteiger partial charge in [0.2, 0.25) is 15.9 Å². The predicted molar refractivity (Wildman–Crippen MR) is 72.9 cm³/mol. The summed E-state index contributed by atoms with van der Waals surface area (Å²) in [4.78, 5) is 11.0. The summed E-state index contributed by atoms with van der Waals surface area (Å²) in [7, 11) is -1.96. The molecule has 0 radical (unpaired) electrons. The lowest BCUT2D eigenvalue weighted by molar-refractivity contribution is -0.119. The second kappa shape index (κ2) is 6.14. The van der Waals surface area contributed by atoms with E-state index in [1.807, 2.05) is 13.0 Å². The number of rotatable bonds is 6. The van der Waals surface area contributed by atoms with Crippen LogP contribution in [0.5, 0.6) is 0 Å². The van der Waals surface area contributed by atoms with Crippen LogP contribution in [0.4, 0.5) is 0 Å². The van der Waals surface area contributed by atoms with Crippen molar-refractivity contribution in [3.05, 3.63) is 29.8 Å². The maximum Gasteiger partial charge on any atom is 0.241 e. The molecule has 106 valence electrons. The summed E-state index contributed by atoms with van der Waals surface area (Å²) in [5.74, 6) is -0.719. The van der Waals surface area contributed by atoms with Crippen LogP contribution < -0.4 is 15.8 Å². The molecule has 0 aliphatic heterocycles. The van der Waals surface area contributed by atoms with Gasteiger partial charge < -0.3 is 11.1 Å². The van der Waals surface area contributed by atoms with E-state index in [4.69, 9.17) is 5.73 Å². The Morgan fingerprint density at radius 2 is 1.95 bits per heavy atom. The third kappa shape index (κ3) is 4.02. The van der Waals surface area contributed by atoms with Crippen LogP contribution in [0.15, 0.2) is 29.2 Å². The van der Waals surface area contributed by atoms with E-state index >= 15 is 0 Å². The van der Waals surface area contributed by atoms with Crippen LogP contribution in [0.2, 0.25) is 0 Å². The molecular weight excluding hydrogens is 266 g/mol. The van der Waals surface area contributed by atoms with E-state index in [1.54, 1.807) is 19.2 Å². The monoisotopic (exact) mass is 285 g/mol. The van der Waals surface area contributed by atoms with Crippen molar-refractivity contribution in [1.82, 2.24) is 10.0 Å². The van der Waals surface area contributed by atoms with Crippen molar-refractivity contribution in [3.63, 3.8) is 0 Å². The molecule has 7 heteroatoms. The van der Waals surface area contributed by atoms with E-state index in [0.29, 0.717) is 0 Å². The molecule has 1 amide bonds. The van der Waals surface area contributed by atoms with Gasteiger partial charge in [0.05, 0.1) is 10.9 Å². The largest absolute Gasteiger partial charge is 0.368 e. The minimum Gasteiger partial charge on any atom is -0.368 e. The molecule has 0 saturated heterocycles. The Balaban J connectivity index is 3.05. The highest BCUT2D eigenvalue weighted by molar-refractivity contribution is 7.89. The van der Waals surface area contributed by atoms with Crippen LogP contribution in [0.25, 0.3) is 0 Å². The van der Waals surface area contributed by atoms with Crippen LogP contribution in [0.3, 0.4) is 0 Å². The van der Waals surface area contributed by atoms with Crippen LogP contribution in [-0.4, -0.2) is 27.4 Å². The molecule has 1 aromatic carbocycles. The first-order valence-corrected chi connectivity index (χ1v) is 7.35. The minimum absolute atomic E-state index is 0.0312. The zero-order chi connectivity index (χ0) is 14.6. The molecule has 1 aromatic rings.